The lowest BCUT2D eigenvalue weighted by Crippen LogP contribution is -2.39. The van der Waals surface area contributed by atoms with Crippen LogP contribution in [0.3, 0.4) is 0 Å². The first-order valence-corrected chi connectivity index (χ1v) is 5.82. The zero-order valence-corrected chi connectivity index (χ0v) is 12.6. The fraction of sp³-hybridized carbons (Fsp3) is 0.333. The van der Waals surface area contributed by atoms with Crippen molar-refractivity contribution in [3.63, 3.8) is 0 Å². The van der Waals surface area contributed by atoms with E-state index >= 15 is 0 Å². The minimum Gasteiger partial charge on any atom is -0.478 e. The normalized spacial score (nSPS) is 8.75. The summed E-state index contributed by atoms with van der Waals surface area (Å²) in [5.74, 6) is -1.92. The SMILES string of the molecule is C=C(C)C(=O)O.C=CC(=O)O.C=CC[N+](C)(C)CC=C. The third-order valence-electron chi connectivity index (χ3n) is 1.79. The molecule has 0 radical (unpaired) electrons. The van der Waals surface area contributed by atoms with Crippen molar-refractivity contribution >= 4 is 11.9 Å². The Hall–Kier alpha value is -2.14. The van der Waals surface area contributed by atoms with Crippen LogP contribution in [0.25, 0.3) is 0 Å². The average molecular weight is 284 g/mol. The van der Waals surface area contributed by atoms with Gasteiger partial charge in [0.2, 0.25) is 0 Å². The molecule has 0 atom stereocenters. The molecule has 114 valence electrons. The Bertz CT molecular complexity index is 333. The molecule has 0 aromatic rings. The van der Waals surface area contributed by atoms with Gasteiger partial charge in [-0.2, -0.15) is 0 Å². The summed E-state index contributed by atoms with van der Waals surface area (Å²) in [6.07, 6.45) is 4.70. The van der Waals surface area contributed by atoms with Gasteiger partial charge >= 0.3 is 11.9 Å². The first-order valence-electron chi connectivity index (χ1n) is 5.82. The number of carboxylic acids is 2. The molecule has 5 heteroatoms. The van der Waals surface area contributed by atoms with Gasteiger partial charge in [-0.15, -0.1) is 0 Å². The second-order valence-corrected chi connectivity index (χ2v) is 4.51. The maximum absolute atomic E-state index is 9.60. The van der Waals surface area contributed by atoms with E-state index in [9.17, 15) is 9.59 Å². The predicted molar refractivity (Wildman–Crippen MR) is 82.5 cm³/mol. The van der Waals surface area contributed by atoms with Gasteiger partial charge in [-0.25, -0.2) is 9.59 Å². The fourth-order valence-electron chi connectivity index (χ4n) is 0.774. The highest BCUT2D eigenvalue weighted by Crippen LogP contribution is 1.95. The number of hydrogen-bond donors (Lipinski definition) is 2. The summed E-state index contributed by atoms with van der Waals surface area (Å²) >= 11 is 0. The summed E-state index contributed by atoms with van der Waals surface area (Å²) in [4.78, 5) is 18.8. The molecular formula is C15H26NO4+. The van der Waals surface area contributed by atoms with Crippen LogP contribution >= 0.6 is 0 Å². The van der Waals surface area contributed by atoms with Crippen molar-refractivity contribution in [2.45, 2.75) is 6.92 Å². The Kier molecular flexibility index (Phi) is 15.3. The van der Waals surface area contributed by atoms with Crippen LogP contribution in [0.15, 0.2) is 50.1 Å². The van der Waals surface area contributed by atoms with E-state index in [1.54, 1.807) is 0 Å². The van der Waals surface area contributed by atoms with Crippen molar-refractivity contribution in [1.29, 1.82) is 0 Å². The first kappa shape index (κ1) is 23.0. The Balaban J connectivity index is -0.000000230. The zero-order chi connectivity index (χ0) is 16.8. The molecular weight excluding hydrogens is 258 g/mol. The Morgan fingerprint density at radius 3 is 1.40 bits per heavy atom. The van der Waals surface area contributed by atoms with Crippen LogP contribution in [0, 0.1) is 0 Å². The van der Waals surface area contributed by atoms with Crippen molar-refractivity contribution in [2.75, 3.05) is 27.2 Å². The zero-order valence-electron chi connectivity index (χ0n) is 12.6. The van der Waals surface area contributed by atoms with Crippen LogP contribution in [0.2, 0.25) is 0 Å². The Labute approximate surface area is 121 Å². The lowest BCUT2D eigenvalue weighted by Gasteiger charge is -2.26. The third-order valence-corrected chi connectivity index (χ3v) is 1.79. The van der Waals surface area contributed by atoms with Gasteiger partial charge in [0.15, 0.2) is 0 Å². The van der Waals surface area contributed by atoms with Gasteiger partial charge in [-0.05, 0) is 19.1 Å². The Morgan fingerprint density at radius 2 is 1.30 bits per heavy atom. The molecule has 0 amide bonds. The molecule has 0 aliphatic carbocycles. The smallest absolute Gasteiger partial charge is 0.330 e. The van der Waals surface area contributed by atoms with Crippen LogP contribution in [-0.2, 0) is 9.59 Å². The molecule has 0 aromatic heterocycles. The van der Waals surface area contributed by atoms with Crippen LogP contribution < -0.4 is 0 Å². The highest BCUT2D eigenvalue weighted by molar-refractivity contribution is 5.84. The number of nitrogens with zero attached hydrogens (tertiary/aromatic N) is 1. The molecule has 0 heterocycles. The van der Waals surface area contributed by atoms with Gasteiger partial charge in [0, 0.05) is 11.6 Å². The van der Waals surface area contributed by atoms with Crippen LogP contribution in [0.5, 0.6) is 0 Å². The minimum absolute atomic E-state index is 0.176. The molecule has 0 aliphatic rings. The van der Waals surface area contributed by atoms with Crippen molar-refractivity contribution < 1.29 is 24.3 Å². The molecule has 0 bridgehead atoms. The Morgan fingerprint density at radius 1 is 1.05 bits per heavy atom. The van der Waals surface area contributed by atoms with Gasteiger partial charge < -0.3 is 14.7 Å². The van der Waals surface area contributed by atoms with Crippen molar-refractivity contribution in [3.8, 4) is 0 Å². The van der Waals surface area contributed by atoms with Crippen LogP contribution in [0.1, 0.15) is 6.92 Å². The minimum atomic E-state index is -0.981. The lowest BCUT2D eigenvalue weighted by molar-refractivity contribution is -0.878. The van der Waals surface area contributed by atoms with Crippen molar-refractivity contribution in [3.05, 3.63) is 50.1 Å². The highest BCUT2D eigenvalue weighted by Gasteiger charge is 2.07. The summed E-state index contributed by atoms with van der Waals surface area (Å²) < 4.78 is 0.951. The van der Waals surface area contributed by atoms with Gasteiger partial charge in [0.25, 0.3) is 0 Å². The maximum Gasteiger partial charge on any atom is 0.330 e. The molecule has 0 fully saturated rings. The molecule has 0 aromatic carbocycles. The number of likely N-dealkylation sites (N-methyl/N-ethyl adjacent to an activating group) is 1. The number of carboxylic acid groups (broad SMARTS) is 2. The number of quaternary nitrogens is 1. The largest absolute Gasteiger partial charge is 0.478 e. The predicted octanol–water partition coefficient (Wildman–Crippen LogP) is 2.34. The monoisotopic (exact) mass is 284 g/mol. The van der Waals surface area contributed by atoms with Crippen LogP contribution in [0.4, 0.5) is 0 Å². The molecule has 20 heavy (non-hydrogen) atoms. The van der Waals surface area contributed by atoms with E-state index in [0.717, 1.165) is 23.6 Å². The number of hydrogen-bond acceptors (Lipinski definition) is 2. The first-order chi connectivity index (χ1) is 9.03. The van der Waals surface area contributed by atoms with Crippen molar-refractivity contribution in [1.82, 2.24) is 0 Å². The van der Waals surface area contributed by atoms with E-state index in [4.69, 9.17) is 10.2 Å². The summed E-state index contributed by atoms with van der Waals surface area (Å²) in [5.41, 5.74) is 0.176. The molecule has 0 unspecified atom stereocenters. The van der Waals surface area contributed by atoms with E-state index in [0.29, 0.717) is 0 Å². The molecule has 2 N–H and O–H groups in total. The van der Waals surface area contributed by atoms with E-state index in [-0.39, 0.29) is 5.57 Å². The standard InChI is InChI=1S/C8H16N.C4H6O2.C3H4O2/c1-5-7-9(3,4)8-6-2;1-3(2)4(5)6;1-2-3(4)5/h5-6H,1-2,7-8H2,3-4H3;1H2,2H3,(H,5,6);2H,1H2,(H,4,5)/q+1;;. The van der Waals surface area contributed by atoms with Crippen molar-refractivity contribution in [2.24, 2.45) is 0 Å². The fourth-order valence-corrected chi connectivity index (χ4v) is 0.774. The second kappa shape index (κ2) is 13.3. The molecule has 0 saturated heterocycles. The van der Waals surface area contributed by atoms with E-state index < -0.39 is 11.9 Å². The van der Waals surface area contributed by atoms with Gasteiger partial charge in [0.05, 0.1) is 27.2 Å². The quantitative estimate of drug-likeness (QED) is 0.446. The summed E-state index contributed by atoms with van der Waals surface area (Å²) in [7, 11) is 4.31. The molecule has 5 nitrogen and oxygen atoms in total. The molecule has 0 rings (SSSR count). The maximum atomic E-state index is 9.60. The average Bonchev–Trinajstić information content (AvgIpc) is 2.30. The molecule has 0 saturated carbocycles. The van der Waals surface area contributed by atoms with Gasteiger partial charge in [-0.3, -0.25) is 0 Å². The topological polar surface area (TPSA) is 74.6 Å². The summed E-state index contributed by atoms with van der Waals surface area (Å²) in [6, 6.07) is 0. The van der Waals surface area contributed by atoms with E-state index in [1.165, 1.54) is 6.92 Å². The highest BCUT2D eigenvalue weighted by atomic mass is 16.4. The third kappa shape index (κ3) is 24.9. The number of aliphatic carboxylic acids is 2. The van der Waals surface area contributed by atoms with Crippen LogP contribution in [-0.4, -0.2) is 53.8 Å². The summed E-state index contributed by atoms with van der Waals surface area (Å²) in [5, 5.41) is 15.5. The van der Waals surface area contributed by atoms with Gasteiger partial charge in [-0.1, -0.05) is 26.3 Å². The van der Waals surface area contributed by atoms with Gasteiger partial charge in [0.1, 0.15) is 0 Å². The molecule has 0 spiro atoms. The number of rotatable bonds is 6. The van der Waals surface area contributed by atoms with E-state index in [2.05, 4.69) is 40.4 Å². The second-order valence-electron chi connectivity index (χ2n) is 4.51. The molecule has 0 aliphatic heterocycles. The summed E-state index contributed by atoms with van der Waals surface area (Å²) in [6.45, 7) is 16.9. The van der Waals surface area contributed by atoms with E-state index in [1.807, 2.05) is 12.2 Å². The number of carbonyl (C=O) groups is 2. The lowest BCUT2D eigenvalue weighted by atomic mass is 10.4.